The summed E-state index contributed by atoms with van der Waals surface area (Å²) in [4.78, 5) is 10.8. The van der Waals surface area contributed by atoms with Crippen LogP contribution in [0.1, 0.15) is 36.8 Å². The number of fused-ring (bicyclic) bond motifs is 1. The number of halogens is 3. The van der Waals surface area contributed by atoms with Gasteiger partial charge in [-0.15, -0.1) is 0 Å². The molecule has 3 aromatic rings. The predicted molar refractivity (Wildman–Crippen MR) is 137 cm³/mol. The molecule has 3 N–H and O–H groups in total. The van der Waals surface area contributed by atoms with E-state index in [1.165, 1.54) is 12.8 Å². The Labute approximate surface area is 218 Å². The fourth-order valence-electron chi connectivity index (χ4n) is 5.07. The number of hydrogen-bond donors (Lipinski definition) is 3. The standard InChI is InChI=1S/C28H27ClF2N2O4/c29-19-7-10-21(26(11-19)37-15-18-3-1-2-4-18)28(32-24-12-22(30)23(31)13-25(24)33-28)14-17-5-8-20(9-6-17)36-16-27(34)35/h5-13,18,32-33H,1-4,14-16H2,(H,34,35). The molecule has 6 nitrogen and oxygen atoms in total. The quantitative estimate of drug-likeness (QED) is 0.291. The van der Waals surface area contributed by atoms with Gasteiger partial charge in [0.2, 0.25) is 0 Å². The van der Waals surface area contributed by atoms with Crippen molar-refractivity contribution < 1.29 is 28.2 Å². The molecule has 9 heteroatoms. The molecule has 0 atom stereocenters. The zero-order chi connectivity index (χ0) is 26.0. The summed E-state index contributed by atoms with van der Waals surface area (Å²) in [6.07, 6.45) is 5.01. The fourth-order valence-corrected chi connectivity index (χ4v) is 5.23. The van der Waals surface area contributed by atoms with Gasteiger partial charge in [-0.2, -0.15) is 0 Å². The van der Waals surface area contributed by atoms with Gasteiger partial charge in [-0.25, -0.2) is 13.6 Å². The molecule has 37 heavy (non-hydrogen) atoms. The average Bonchev–Trinajstić information content (AvgIpc) is 3.51. The maximum atomic E-state index is 14.1. The topological polar surface area (TPSA) is 79.8 Å². The number of hydrogen-bond acceptors (Lipinski definition) is 5. The van der Waals surface area contributed by atoms with Gasteiger partial charge < -0.3 is 25.2 Å². The van der Waals surface area contributed by atoms with Crippen molar-refractivity contribution in [3.05, 3.63) is 82.4 Å². The maximum absolute atomic E-state index is 14.1. The number of carboxylic acids is 1. The molecule has 1 aliphatic carbocycles. The molecule has 5 rings (SSSR count). The summed E-state index contributed by atoms with van der Waals surface area (Å²) < 4.78 is 39.8. The minimum atomic E-state index is -1.06. The van der Waals surface area contributed by atoms with Crippen LogP contribution in [0, 0.1) is 17.6 Å². The molecule has 0 unspecified atom stereocenters. The predicted octanol–water partition coefficient (Wildman–Crippen LogP) is 6.58. The van der Waals surface area contributed by atoms with E-state index in [0.717, 1.165) is 36.1 Å². The Hall–Kier alpha value is -3.52. The van der Waals surface area contributed by atoms with E-state index in [0.29, 0.717) is 46.8 Å². The van der Waals surface area contributed by atoms with Crippen molar-refractivity contribution in [2.24, 2.45) is 5.92 Å². The summed E-state index contributed by atoms with van der Waals surface area (Å²) >= 11 is 6.35. The first kappa shape index (κ1) is 25.1. The third-order valence-corrected chi connectivity index (χ3v) is 7.10. The van der Waals surface area contributed by atoms with E-state index >= 15 is 0 Å². The van der Waals surface area contributed by atoms with E-state index in [9.17, 15) is 13.6 Å². The third-order valence-electron chi connectivity index (χ3n) is 6.86. The molecule has 1 aliphatic heterocycles. The number of rotatable bonds is 9. The van der Waals surface area contributed by atoms with Crippen molar-refractivity contribution in [1.29, 1.82) is 0 Å². The van der Waals surface area contributed by atoms with Gasteiger partial charge in [-0.05, 0) is 54.7 Å². The Morgan fingerprint density at radius 3 is 2.24 bits per heavy atom. The second-order valence-electron chi connectivity index (χ2n) is 9.57. The van der Waals surface area contributed by atoms with Gasteiger partial charge in [0.15, 0.2) is 18.2 Å². The first-order valence-electron chi connectivity index (χ1n) is 12.2. The summed E-state index contributed by atoms with van der Waals surface area (Å²) in [6.45, 7) is 0.126. The minimum Gasteiger partial charge on any atom is -0.493 e. The lowest BCUT2D eigenvalue weighted by atomic mass is 9.91. The zero-order valence-corrected chi connectivity index (χ0v) is 20.8. The number of benzene rings is 3. The largest absolute Gasteiger partial charge is 0.493 e. The Kier molecular flexibility index (Phi) is 7.11. The van der Waals surface area contributed by atoms with Gasteiger partial charge >= 0.3 is 5.97 Å². The maximum Gasteiger partial charge on any atom is 0.341 e. The van der Waals surface area contributed by atoms with Crippen LogP contribution < -0.4 is 20.1 Å². The van der Waals surface area contributed by atoms with Crippen LogP contribution in [0.15, 0.2) is 54.6 Å². The zero-order valence-electron chi connectivity index (χ0n) is 20.0. The van der Waals surface area contributed by atoms with E-state index in [-0.39, 0.29) is 0 Å². The molecule has 3 aromatic carbocycles. The molecule has 1 heterocycles. The molecule has 194 valence electrons. The number of carboxylic acid groups (broad SMARTS) is 1. The number of nitrogens with one attached hydrogen (secondary N) is 2. The molecule has 0 spiro atoms. The molecule has 1 fully saturated rings. The van der Waals surface area contributed by atoms with E-state index in [4.69, 9.17) is 26.2 Å². The van der Waals surface area contributed by atoms with Crippen molar-refractivity contribution in [2.45, 2.75) is 37.8 Å². The van der Waals surface area contributed by atoms with E-state index < -0.39 is 29.9 Å². The van der Waals surface area contributed by atoms with Crippen LogP contribution in [0.4, 0.5) is 20.2 Å². The van der Waals surface area contributed by atoms with E-state index in [2.05, 4.69) is 10.6 Å². The van der Waals surface area contributed by atoms with Crippen LogP contribution in [0.3, 0.4) is 0 Å². The number of anilines is 2. The second kappa shape index (κ2) is 10.5. The van der Waals surface area contributed by atoms with E-state index in [1.807, 2.05) is 18.2 Å². The van der Waals surface area contributed by atoms with Gasteiger partial charge in [-0.1, -0.05) is 36.6 Å². The van der Waals surface area contributed by atoms with Crippen molar-refractivity contribution in [1.82, 2.24) is 0 Å². The van der Waals surface area contributed by atoms with Crippen LogP contribution in [-0.4, -0.2) is 24.3 Å². The van der Waals surface area contributed by atoms with Crippen LogP contribution in [0.2, 0.25) is 5.02 Å². The van der Waals surface area contributed by atoms with Crippen molar-refractivity contribution in [2.75, 3.05) is 23.8 Å². The highest BCUT2D eigenvalue weighted by Crippen LogP contribution is 2.46. The summed E-state index contributed by atoms with van der Waals surface area (Å²) in [6, 6.07) is 14.7. The van der Waals surface area contributed by atoms with Crippen molar-refractivity contribution in [3.63, 3.8) is 0 Å². The SMILES string of the molecule is O=C(O)COc1ccc(CC2(c3ccc(Cl)cc3OCC3CCCC3)Nc3cc(F)c(F)cc3N2)cc1. The van der Waals surface area contributed by atoms with Gasteiger partial charge in [0.1, 0.15) is 17.2 Å². The van der Waals surface area contributed by atoms with Gasteiger partial charge in [0, 0.05) is 29.1 Å². The van der Waals surface area contributed by atoms with Gasteiger partial charge in [0.05, 0.1) is 18.0 Å². The smallest absolute Gasteiger partial charge is 0.341 e. The molecule has 0 amide bonds. The van der Waals surface area contributed by atoms with Crippen LogP contribution >= 0.6 is 11.6 Å². The van der Waals surface area contributed by atoms with Gasteiger partial charge in [0.25, 0.3) is 0 Å². The van der Waals surface area contributed by atoms with Crippen molar-refractivity contribution in [3.8, 4) is 11.5 Å². The molecule has 2 aliphatic rings. The Morgan fingerprint density at radius 2 is 1.62 bits per heavy atom. The number of carbonyl (C=O) groups is 1. The normalized spacial score (nSPS) is 16.1. The fraction of sp³-hybridized carbons (Fsp3) is 0.321. The Bertz CT molecular complexity index is 1270. The number of aliphatic carboxylic acids is 1. The first-order chi connectivity index (χ1) is 17.8. The highest BCUT2D eigenvalue weighted by atomic mass is 35.5. The average molecular weight is 529 g/mol. The summed E-state index contributed by atoms with van der Waals surface area (Å²) in [5, 5.41) is 16.1. The van der Waals surface area contributed by atoms with E-state index in [1.54, 1.807) is 24.3 Å². The summed E-state index contributed by atoms with van der Waals surface area (Å²) in [5.74, 6) is -1.46. The summed E-state index contributed by atoms with van der Waals surface area (Å²) in [5.41, 5.74) is 1.47. The van der Waals surface area contributed by atoms with Crippen LogP contribution in [-0.2, 0) is 16.9 Å². The second-order valence-corrected chi connectivity index (χ2v) is 10.0. The van der Waals surface area contributed by atoms with Gasteiger partial charge in [-0.3, -0.25) is 0 Å². The lowest BCUT2D eigenvalue weighted by Crippen LogP contribution is -2.41. The molecular weight excluding hydrogens is 502 g/mol. The monoisotopic (exact) mass is 528 g/mol. The minimum absolute atomic E-state index is 0.367. The van der Waals surface area contributed by atoms with Crippen molar-refractivity contribution >= 4 is 28.9 Å². The molecule has 0 aromatic heterocycles. The first-order valence-corrected chi connectivity index (χ1v) is 12.6. The molecule has 0 radical (unpaired) electrons. The Morgan fingerprint density at radius 1 is 0.973 bits per heavy atom. The summed E-state index contributed by atoms with van der Waals surface area (Å²) in [7, 11) is 0. The molecule has 1 saturated carbocycles. The third kappa shape index (κ3) is 5.59. The molecular formula is C28H27ClF2N2O4. The lowest BCUT2D eigenvalue weighted by Gasteiger charge is -2.33. The molecule has 0 saturated heterocycles. The lowest BCUT2D eigenvalue weighted by molar-refractivity contribution is -0.139. The highest BCUT2D eigenvalue weighted by Gasteiger charge is 2.41. The van der Waals surface area contributed by atoms with Crippen LogP contribution in [0.5, 0.6) is 11.5 Å². The number of ether oxygens (including phenoxy) is 2. The highest BCUT2D eigenvalue weighted by molar-refractivity contribution is 6.30. The Balaban J connectivity index is 1.49. The van der Waals surface area contributed by atoms with Crippen LogP contribution in [0.25, 0.3) is 0 Å². The molecule has 0 bridgehead atoms.